The van der Waals surface area contributed by atoms with Crippen LogP contribution in [0.25, 0.3) is 10.2 Å². The summed E-state index contributed by atoms with van der Waals surface area (Å²) < 4.78 is 6.12. The van der Waals surface area contributed by atoms with E-state index in [1.165, 1.54) is 16.5 Å². The van der Waals surface area contributed by atoms with Crippen LogP contribution in [0.1, 0.15) is 11.4 Å². The van der Waals surface area contributed by atoms with Crippen molar-refractivity contribution in [1.29, 1.82) is 0 Å². The molecule has 5 rings (SSSR count). The van der Waals surface area contributed by atoms with Crippen molar-refractivity contribution < 1.29 is 19.4 Å². The lowest BCUT2D eigenvalue weighted by Gasteiger charge is -2.29. The molecular weight excluding hydrogens is 418 g/mol. The van der Waals surface area contributed by atoms with Crippen LogP contribution in [-0.4, -0.2) is 31.4 Å². The minimum absolute atomic E-state index is 0.414. The Morgan fingerprint density at radius 3 is 2.61 bits per heavy atom. The van der Waals surface area contributed by atoms with Crippen molar-refractivity contribution >= 4 is 49.1 Å². The van der Waals surface area contributed by atoms with Crippen LogP contribution in [0.15, 0.2) is 48.2 Å². The lowest BCUT2D eigenvalue weighted by molar-refractivity contribution is 0.221. The number of amides is 2. The molecule has 4 aromatic rings. The Hall–Kier alpha value is -4.05. The SMILES string of the molecule is Cc1ncccc1Oc1ccnc(C)c1N1C(=O)Nc2c[s+](C(=O)O)c3nccc1c23. The molecule has 1 atom stereocenters. The molecule has 0 radical (unpaired) electrons. The number of anilines is 3. The molecule has 4 aromatic heterocycles. The predicted octanol–water partition coefficient (Wildman–Crippen LogP) is 5.39. The van der Waals surface area contributed by atoms with E-state index in [4.69, 9.17) is 4.74 Å². The Kier molecular flexibility index (Phi) is 4.29. The van der Waals surface area contributed by atoms with E-state index in [-0.39, 0.29) is 0 Å². The van der Waals surface area contributed by atoms with Gasteiger partial charge in [0.15, 0.2) is 11.1 Å². The first-order chi connectivity index (χ1) is 15.0. The van der Waals surface area contributed by atoms with E-state index < -0.39 is 21.8 Å². The number of rotatable bonds is 4. The second-order valence-corrected chi connectivity index (χ2v) is 8.49. The maximum Gasteiger partial charge on any atom is 0.554 e. The Bertz CT molecular complexity index is 1380. The van der Waals surface area contributed by atoms with Gasteiger partial charge in [-0.1, -0.05) is 0 Å². The van der Waals surface area contributed by atoms with Gasteiger partial charge in [0.05, 0.1) is 17.1 Å². The van der Waals surface area contributed by atoms with Gasteiger partial charge in [0.2, 0.25) is 0 Å². The minimum Gasteiger partial charge on any atom is -0.453 e. The van der Waals surface area contributed by atoms with Gasteiger partial charge in [0.25, 0.3) is 4.83 Å². The quantitative estimate of drug-likeness (QED) is 0.413. The van der Waals surface area contributed by atoms with E-state index >= 15 is 0 Å². The molecule has 0 aromatic carbocycles. The van der Waals surface area contributed by atoms with E-state index in [1.54, 1.807) is 43.6 Å². The van der Waals surface area contributed by atoms with Crippen LogP contribution in [-0.2, 0) is 0 Å². The van der Waals surface area contributed by atoms with Crippen LogP contribution in [0.3, 0.4) is 0 Å². The van der Waals surface area contributed by atoms with Gasteiger partial charge in [-0.3, -0.25) is 14.9 Å². The molecule has 154 valence electrons. The Labute approximate surface area is 178 Å². The standard InChI is InChI=1S/C21H15N5O4S/c1-11-15(4-3-7-22-11)30-16-6-9-23-12(2)18(16)26-14-5-8-24-19-17(14)13(25-20(26)27)10-31(19)21(28)29/h3-10H,1-2H3,(H-,25,27,28,29)/p+1. The van der Waals surface area contributed by atoms with E-state index in [0.717, 1.165) is 0 Å². The highest BCUT2D eigenvalue weighted by molar-refractivity contribution is 7.54. The number of thiophene rings is 1. The molecule has 0 saturated carbocycles. The van der Waals surface area contributed by atoms with E-state index in [1.807, 2.05) is 6.92 Å². The predicted molar refractivity (Wildman–Crippen MR) is 117 cm³/mol. The molecule has 0 aliphatic carbocycles. The summed E-state index contributed by atoms with van der Waals surface area (Å²) in [5, 5.41) is 13.5. The highest BCUT2D eigenvalue weighted by Gasteiger charge is 2.38. The van der Waals surface area contributed by atoms with Crippen LogP contribution in [0.5, 0.6) is 11.5 Å². The van der Waals surface area contributed by atoms with Gasteiger partial charge in [0, 0.05) is 24.7 Å². The number of carbonyl (C=O) groups is 2. The molecule has 0 bridgehead atoms. The summed E-state index contributed by atoms with van der Waals surface area (Å²) >= 11 is 0. The third kappa shape index (κ3) is 2.96. The number of nitrogens with one attached hydrogen (secondary N) is 1. The Morgan fingerprint density at radius 2 is 1.84 bits per heavy atom. The molecule has 31 heavy (non-hydrogen) atoms. The van der Waals surface area contributed by atoms with Gasteiger partial charge in [-0.25, -0.2) is 9.78 Å². The topological polar surface area (TPSA) is 118 Å². The summed E-state index contributed by atoms with van der Waals surface area (Å²) in [6, 6.07) is 6.49. The average molecular weight is 434 g/mol. The summed E-state index contributed by atoms with van der Waals surface area (Å²) in [7, 11) is -1.24. The zero-order valence-electron chi connectivity index (χ0n) is 16.5. The van der Waals surface area contributed by atoms with Crippen LogP contribution >= 0.6 is 10.5 Å². The molecule has 1 unspecified atom stereocenters. The maximum absolute atomic E-state index is 13.2. The first-order valence-electron chi connectivity index (χ1n) is 9.29. The van der Waals surface area contributed by atoms with Crippen molar-refractivity contribution in [3.05, 3.63) is 59.6 Å². The van der Waals surface area contributed by atoms with Crippen molar-refractivity contribution in [2.24, 2.45) is 0 Å². The summed E-state index contributed by atoms with van der Waals surface area (Å²) in [6.07, 6.45) is 4.79. The van der Waals surface area contributed by atoms with Crippen LogP contribution < -0.4 is 15.0 Å². The number of aromatic nitrogens is 3. The number of carbonyl (C=O) groups excluding carboxylic acids is 1. The van der Waals surface area contributed by atoms with Crippen molar-refractivity contribution in [3.63, 3.8) is 0 Å². The summed E-state index contributed by atoms with van der Waals surface area (Å²) in [6.45, 7) is 3.61. The second-order valence-electron chi connectivity index (χ2n) is 6.84. The smallest absolute Gasteiger partial charge is 0.453 e. The molecule has 0 spiro atoms. The van der Waals surface area contributed by atoms with Gasteiger partial charge >= 0.3 is 11.3 Å². The zero-order chi connectivity index (χ0) is 21.7. The normalized spacial score (nSPS) is 13.3. The van der Waals surface area contributed by atoms with Crippen molar-refractivity contribution in [2.45, 2.75) is 13.8 Å². The van der Waals surface area contributed by atoms with Crippen molar-refractivity contribution in [2.75, 3.05) is 10.2 Å². The number of hydrogen-bond donors (Lipinski definition) is 2. The fraction of sp³-hybridized carbons (Fsp3) is 0.0952. The molecular formula is C21H16N5O4S+. The van der Waals surface area contributed by atoms with E-state index in [0.29, 0.717) is 50.2 Å². The molecule has 2 amide bonds. The van der Waals surface area contributed by atoms with Crippen LogP contribution in [0.4, 0.5) is 26.7 Å². The fourth-order valence-corrected chi connectivity index (χ4v) is 4.98. The van der Waals surface area contributed by atoms with Gasteiger partial charge < -0.3 is 15.2 Å². The number of carboxylic acid groups (broad SMARTS) is 1. The van der Waals surface area contributed by atoms with Crippen LogP contribution in [0.2, 0.25) is 0 Å². The fourth-order valence-electron chi connectivity index (χ4n) is 3.58. The molecule has 2 N–H and O–H groups in total. The zero-order valence-corrected chi connectivity index (χ0v) is 17.3. The Morgan fingerprint density at radius 1 is 1.06 bits per heavy atom. The third-order valence-electron chi connectivity index (χ3n) is 4.95. The van der Waals surface area contributed by atoms with Gasteiger partial charge in [-0.15, -0.1) is 0 Å². The number of hydrogen-bond acceptors (Lipinski definition) is 6. The maximum atomic E-state index is 13.2. The first kappa shape index (κ1) is 18.9. The molecule has 0 fully saturated rings. The lowest BCUT2D eigenvalue weighted by Crippen LogP contribution is -2.34. The molecule has 10 heteroatoms. The Balaban J connectivity index is 1.72. The van der Waals surface area contributed by atoms with Gasteiger partial charge in [-0.2, -0.15) is 4.79 Å². The van der Waals surface area contributed by atoms with E-state index in [9.17, 15) is 14.7 Å². The van der Waals surface area contributed by atoms with Crippen LogP contribution in [0, 0.1) is 13.8 Å². The first-order valence-corrected chi connectivity index (χ1v) is 10.6. The average Bonchev–Trinajstić information content (AvgIpc) is 3.11. The van der Waals surface area contributed by atoms with E-state index in [2.05, 4.69) is 20.3 Å². The molecule has 1 aliphatic heterocycles. The highest BCUT2D eigenvalue weighted by Crippen LogP contribution is 2.49. The summed E-state index contributed by atoms with van der Waals surface area (Å²) in [4.78, 5) is 39.6. The monoisotopic (exact) mass is 434 g/mol. The number of aryl methyl sites for hydroxylation is 2. The number of pyridine rings is 3. The van der Waals surface area contributed by atoms with Gasteiger partial charge in [-0.05, 0) is 32.0 Å². The largest absolute Gasteiger partial charge is 0.554 e. The van der Waals surface area contributed by atoms with Crippen molar-refractivity contribution in [1.82, 2.24) is 15.0 Å². The molecule has 5 heterocycles. The molecule has 1 aliphatic rings. The number of nitrogens with zero attached hydrogens (tertiary/aromatic N) is 4. The molecule has 9 nitrogen and oxygen atoms in total. The highest BCUT2D eigenvalue weighted by atomic mass is 32.2. The van der Waals surface area contributed by atoms with Crippen molar-refractivity contribution in [3.8, 4) is 11.5 Å². The van der Waals surface area contributed by atoms with Gasteiger partial charge in [0.1, 0.15) is 33.0 Å². The second kappa shape index (κ2) is 7.03. The summed E-state index contributed by atoms with van der Waals surface area (Å²) in [5.74, 6) is 0.978. The molecule has 0 saturated heterocycles. The summed E-state index contributed by atoms with van der Waals surface area (Å²) in [5.41, 5.74) is 2.71. The number of ether oxygens (including phenoxy) is 1. The third-order valence-corrected chi connectivity index (χ3v) is 6.53. The number of urea groups is 1. The minimum atomic E-state index is -1.24. The lowest BCUT2D eigenvalue weighted by atomic mass is 10.1.